The van der Waals surface area contributed by atoms with E-state index in [4.69, 9.17) is 4.74 Å². The van der Waals surface area contributed by atoms with Crippen LogP contribution in [0, 0.1) is 0 Å². The monoisotopic (exact) mass is 376 g/mol. The lowest BCUT2D eigenvalue weighted by molar-refractivity contribution is -0.163. The van der Waals surface area contributed by atoms with Gasteiger partial charge in [-0.25, -0.2) is 0 Å². The topological polar surface area (TPSA) is 26.3 Å². The van der Waals surface area contributed by atoms with Gasteiger partial charge in [0.15, 0.2) is 0 Å². The molecule has 0 aliphatic carbocycles. The number of hydrogen-bond acceptors (Lipinski definition) is 2. The second-order valence-electron chi connectivity index (χ2n) is 6.62. The SMILES string of the molecule is C=CCCC/C=C(\C)CCCC(=O)C(F)(F)C(C=C)OCc1ccccc1. The first-order chi connectivity index (χ1) is 12.9. The molecule has 27 heavy (non-hydrogen) atoms. The molecule has 0 saturated carbocycles. The summed E-state index contributed by atoms with van der Waals surface area (Å²) in [6, 6.07) is 9.01. The van der Waals surface area contributed by atoms with Gasteiger partial charge in [0.25, 0.3) is 0 Å². The van der Waals surface area contributed by atoms with Crippen molar-refractivity contribution in [3.63, 3.8) is 0 Å². The molecule has 1 aromatic carbocycles. The average Bonchev–Trinajstić information content (AvgIpc) is 2.66. The summed E-state index contributed by atoms with van der Waals surface area (Å²) in [6.07, 6.45) is 7.14. The fraction of sp³-hybridized carbons (Fsp3) is 0.435. The molecule has 4 heteroatoms. The smallest absolute Gasteiger partial charge is 0.334 e. The molecule has 1 rings (SSSR count). The van der Waals surface area contributed by atoms with Gasteiger partial charge in [-0.05, 0) is 44.6 Å². The number of carbonyl (C=O) groups is 1. The summed E-state index contributed by atoms with van der Waals surface area (Å²) >= 11 is 0. The van der Waals surface area contributed by atoms with E-state index in [-0.39, 0.29) is 13.0 Å². The second-order valence-corrected chi connectivity index (χ2v) is 6.62. The molecule has 0 heterocycles. The summed E-state index contributed by atoms with van der Waals surface area (Å²) < 4.78 is 34.1. The quantitative estimate of drug-likeness (QED) is 0.276. The lowest BCUT2D eigenvalue weighted by Crippen LogP contribution is -2.41. The molecule has 0 aromatic heterocycles. The Labute approximate surface area is 161 Å². The van der Waals surface area contributed by atoms with Crippen LogP contribution in [0.15, 0.2) is 67.3 Å². The Morgan fingerprint density at radius 2 is 1.85 bits per heavy atom. The van der Waals surface area contributed by atoms with Gasteiger partial charge in [-0.1, -0.05) is 54.1 Å². The van der Waals surface area contributed by atoms with Crippen LogP contribution in [-0.2, 0) is 16.1 Å². The zero-order valence-electron chi connectivity index (χ0n) is 16.1. The molecular weight excluding hydrogens is 346 g/mol. The third-order valence-corrected chi connectivity index (χ3v) is 4.30. The maximum absolute atomic E-state index is 14.4. The minimum Gasteiger partial charge on any atom is -0.363 e. The van der Waals surface area contributed by atoms with E-state index < -0.39 is 17.8 Å². The zero-order chi connectivity index (χ0) is 20.1. The maximum Gasteiger partial charge on any atom is 0.334 e. The number of ketones is 1. The summed E-state index contributed by atoms with van der Waals surface area (Å²) in [4.78, 5) is 12.0. The lowest BCUT2D eigenvalue weighted by Gasteiger charge is -2.23. The molecule has 0 fully saturated rings. The average molecular weight is 376 g/mol. The highest BCUT2D eigenvalue weighted by atomic mass is 19.3. The minimum atomic E-state index is -3.57. The molecule has 0 aliphatic rings. The van der Waals surface area contributed by atoms with Gasteiger partial charge in [-0.15, -0.1) is 13.2 Å². The molecule has 0 amide bonds. The number of alkyl halides is 2. The lowest BCUT2D eigenvalue weighted by atomic mass is 10.0. The van der Waals surface area contributed by atoms with Crippen molar-refractivity contribution in [1.29, 1.82) is 0 Å². The number of rotatable bonds is 14. The van der Waals surface area contributed by atoms with Crippen molar-refractivity contribution in [3.05, 3.63) is 72.9 Å². The molecule has 0 spiro atoms. The standard InChI is InChI=1S/C23H30F2O2/c1-4-6-7-9-13-19(3)14-12-17-21(26)23(24,25)22(5-2)27-18-20-15-10-8-11-16-20/h4-5,8,10-11,13,15-16,22H,1-2,6-7,9,12,14,17-18H2,3H3/b19-13+. The van der Waals surface area contributed by atoms with Crippen molar-refractivity contribution in [1.82, 2.24) is 0 Å². The van der Waals surface area contributed by atoms with Crippen molar-refractivity contribution in [2.45, 2.75) is 64.1 Å². The van der Waals surface area contributed by atoms with Crippen LogP contribution in [0.3, 0.4) is 0 Å². The fourth-order valence-electron chi connectivity index (χ4n) is 2.65. The Balaban J connectivity index is 2.47. The summed E-state index contributed by atoms with van der Waals surface area (Å²) in [5, 5.41) is 0. The first kappa shape index (κ1) is 23.0. The first-order valence-electron chi connectivity index (χ1n) is 9.37. The number of allylic oxidation sites excluding steroid dienone is 3. The molecule has 2 nitrogen and oxygen atoms in total. The molecule has 0 bridgehead atoms. The zero-order valence-corrected chi connectivity index (χ0v) is 16.1. The number of ether oxygens (including phenoxy) is 1. The van der Waals surface area contributed by atoms with Crippen molar-refractivity contribution in [3.8, 4) is 0 Å². The highest BCUT2D eigenvalue weighted by molar-refractivity contribution is 5.86. The predicted octanol–water partition coefficient (Wildman–Crippen LogP) is 6.44. The normalized spacial score (nSPS) is 13.2. The Morgan fingerprint density at radius 3 is 2.48 bits per heavy atom. The Morgan fingerprint density at radius 1 is 1.15 bits per heavy atom. The van der Waals surface area contributed by atoms with Crippen LogP contribution in [0.2, 0.25) is 0 Å². The van der Waals surface area contributed by atoms with Gasteiger partial charge in [-0.2, -0.15) is 8.78 Å². The number of hydrogen-bond donors (Lipinski definition) is 0. The summed E-state index contributed by atoms with van der Waals surface area (Å²) in [5.41, 5.74) is 1.89. The second kappa shape index (κ2) is 12.3. The summed E-state index contributed by atoms with van der Waals surface area (Å²) in [7, 11) is 0. The van der Waals surface area contributed by atoms with Crippen LogP contribution in [-0.4, -0.2) is 17.8 Å². The van der Waals surface area contributed by atoms with E-state index in [1.165, 1.54) is 0 Å². The Bertz CT molecular complexity index is 621. The van der Waals surface area contributed by atoms with Crippen LogP contribution in [0.4, 0.5) is 8.78 Å². The molecule has 1 unspecified atom stereocenters. The van der Waals surface area contributed by atoms with Crippen LogP contribution < -0.4 is 0 Å². The van der Waals surface area contributed by atoms with E-state index in [0.717, 1.165) is 36.5 Å². The largest absolute Gasteiger partial charge is 0.363 e. The fourth-order valence-corrected chi connectivity index (χ4v) is 2.65. The van der Waals surface area contributed by atoms with E-state index in [1.54, 1.807) is 24.3 Å². The van der Waals surface area contributed by atoms with Gasteiger partial charge in [-0.3, -0.25) is 4.79 Å². The van der Waals surface area contributed by atoms with Crippen LogP contribution >= 0.6 is 0 Å². The molecule has 1 atom stereocenters. The molecule has 0 aliphatic heterocycles. The van der Waals surface area contributed by atoms with E-state index >= 15 is 0 Å². The Kier molecular flexibility index (Phi) is 10.5. The minimum absolute atomic E-state index is 0.00690. The predicted molar refractivity (Wildman–Crippen MR) is 107 cm³/mol. The van der Waals surface area contributed by atoms with Crippen molar-refractivity contribution < 1.29 is 18.3 Å². The van der Waals surface area contributed by atoms with Gasteiger partial charge in [0.1, 0.15) is 6.10 Å². The van der Waals surface area contributed by atoms with Crippen molar-refractivity contribution >= 4 is 5.78 Å². The third-order valence-electron chi connectivity index (χ3n) is 4.30. The number of Topliss-reactive ketones (excluding diaryl/α,β-unsaturated/α-hetero) is 1. The number of carbonyl (C=O) groups excluding carboxylic acids is 1. The summed E-state index contributed by atoms with van der Waals surface area (Å²) in [5.74, 6) is -4.67. The van der Waals surface area contributed by atoms with Crippen LogP contribution in [0.25, 0.3) is 0 Å². The van der Waals surface area contributed by atoms with Gasteiger partial charge < -0.3 is 4.74 Å². The molecule has 0 radical (unpaired) electrons. The summed E-state index contributed by atoms with van der Waals surface area (Å²) in [6.45, 7) is 9.05. The highest BCUT2D eigenvalue weighted by Crippen LogP contribution is 2.27. The van der Waals surface area contributed by atoms with Gasteiger partial charge in [0.05, 0.1) is 6.61 Å². The van der Waals surface area contributed by atoms with E-state index in [0.29, 0.717) is 12.8 Å². The maximum atomic E-state index is 14.4. The van der Waals surface area contributed by atoms with Gasteiger partial charge >= 0.3 is 5.92 Å². The van der Waals surface area contributed by atoms with Crippen molar-refractivity contribution in [2.24, 2.45) is 0 Å². The number of halogens is 2. The number of benzene rings is 1. The highest BCUT2D eigenvalue weighted by Gasteiger charge is 2.45. The molecule has 148 valence electrons. The van der Waals surface area contributed by atoms with Crippen LogP contribution in [0.5, 0.6) is 0 Å². The van der Waals surface area contributed by atoms with Gasteiger partial charge in [0.2, 0.25) is 5.78 Å². The van der Waals surface area contributed by atoms with Crippen LogP contribution in [0.1, 0.15) is 51.0 Å². The van der Waals surface area contributed by atoms with E-state index in [1.807, 2.05) is 19.1 Å². The number of unbranched alkanes of at least 4 members (excludes halogenated alkanes) is 2. The van der Waals surface area contributed by atoms with Gasteiger partial charge in [0, 0.05) is 6.42 Å². The molecule has 0 saturated heterocycles. The van der Waals surface area contributed by atoms with E-state index in [2.05, 4.69) is 19.2 Å². The third kappa shape index (κ3) is 8.44. The molecule has 1 aromatic rings. The van der Waals surface area contributed by atoms with E-state index in [9.17, 15) is 13.6 Å². The first-order valence-corrected chi connectivity index (χ1v) is 9.37. The Hall–Kier alpha value is -2.07. The molecule has 0 N–H and O–H groups in total. The van der Waals surface area contributed by atoms with Crippen molar-refractivity contribution in [2.75, 3.05) is 0 Å². The molecular formula is C23H30F2O2.